The fourth-order valence-corrected chi connectivity index (χ4v) is 5.73. The Kier molecular flexibility index (Phi) is 7.81. The molecule has 214 valence electrons. The lowest BCUT2D eigenvalue weighted by atomic mass is 9.69. The average Bonchev–Trinajstić information content (AvgIpc) is 3.75. The van der Waals surface area contributed by atoms with Gasteiger partial charge in [-0.1, -0.05) is 54.1 Å². The van der Waals surface area contributed by atoms with Crippen molar-refractivity contribution < 1.29 is 4.39 Å². The van der Waals surface area contributed by atoms with Crippen LogP contribution in [0.2, 0.25) is 5.02 Å². The first kappa shape index (κ1) is 28.4. The summed E-state index contributed by atoms with van der Waals surface area (Å²) >= 11 is 6.84. The first-order valence-electron chi connectivity index (χ1n) is 14.2. The molecular weight excluding hydrogens is 562 g/mol. The Labute approximate surface area is 255 Å². The molecule has 8 nitrogen and oxygen atoms in total. The van der Waals surface area contributed by atoms with Crippen LogP contribution in [0.3, 0.4) is 0 Å². The highest BCUT2D eigenvalue weighted by molar-refractivity contribution is 6.36. The van der Waals surface area contributed by atoms with Crippen LogP contribution in [0.4, 0.5) is 15.8 Å². The number of hydrogen-bond donors (Lipinski definition) is 4. The van der Waals surface area contributed by atoms with E-state index in [9.17, 15) is 14.9 Å². The van der Waals surface area contributed by atoms with Crippen LogP contribution in [0.15, 0.2) is 84.8 Å². The van der Waals surface area contributed by atoms with Crippen molar-refractivity contribution in [3.05, 3.63) is 112 Å². The molecule has 1 unspecified atom stereocenters. The van der Waals surface area contributed by atoms with Crippen LogP contribution in [0.25, 0.3) is 10.9 Å². The maximum absolute atomic E-state index is 14.0. The van der Waals surface area contributed by atoms with Crippen LogP contribution in [-0.4, -0.2) is 23.9 Å². The third-order valence-corrected chi connectivity index (χ3v) is 8.28. The standard InChI is InChI=1S/C32H29BClFN8/c33-32(22-8-10-23(35)11-9-22,29-19-43(42-41-29)25-12-13-25)40-24-15-26-30(21(17-37)18-38-31(26)27(34)16-24)39-28(7-4-14-36)20-5-2-1-3-6-20/h1-3,5-6,8-11,15-16,18-19,25,28,40-42H,4,7,12-13,33H2,(H,38,39)/t28-,32?/m1/s1. The van der Waals surface area contributed by atoms with Crippen molar-refractivity contribution in [3.63, 3.8) is 0 Å². The molecule has 43 heavy (non-hydrogen) atoms. The van der Waals surface area contributed by atoms with Crippen molar-refractivity contribution in [2.24, 2.45) is 0 Å². The van der Waals surface area contributed by atoms with Gasteiger partial charge in [0.05, 0.1) is 45.0 Å². The average molecular weight is 591 g/mol. The van der Waals surface area contributed by atoms with Gasteiger partial charge in [-0.2, -0.15) is 10.5 Å². The number of hydrogen-bond acceptors (Lipinski definition) is 8. The summed E-state index contributed by atoms with van der Waals surface area (Å²) in [7, 11) is 2.02. The number of hydrazine groups is 2. The molecule has 1 aromatic heterocycles. The van der Waals surface area contributed by atoms with Crippen LogP contribution in [-0.2, 0) is 5.44 Å². The number of benzene rings is 3. The Morgan fingerprint density at radius 3 is 2.60 bits per heavy atom. The maximum Gasteiger partial charge on any atom is 0.148 e. The Balaban J connectivity index is 1.44. The molecule has 0 spiro atoms. The number of nitrogens with zero attached hydrogens (tertiary/aromatic N) is 4. The number of aromatic nitrogens is 1. The molecule has 0 bridgehead atoms. The highest BCUT2D eigenvalue weighted by atomic mass is 35.5. The van der Waals surface area contributed by atoms with E-state index < -0.39 is 5.44 Å². The van der Waals surface area contributed by atoms with E-state index in [1.54, 1.807) is 18.2 Å². The van der Waals surface area contributed by atoms with Gasteiger partial charge in [0.25, 0.3) is 0 Å². The van der Waals surface area contributed by atoms with Crippen LogP contribution < -0.4 is 21.6 Å². The summed E-state index contributed by atoms with van der Waals surface area (Å²) in [5.41, 5.74) is 10.6. The monoisotopic (exact) mass is 590 g/mol. The Morgan fingerprint density at radius 2 is 1.91 bits per heavy atom. The molecule has 2 heterocycles. The van der Waals surface area contributed by atoms with Gasteiger partial charge in [0.1, 0.15) is 19.7 Å². The first-order chi connectivity index (χ1) is 20.9. The maximum atomic E-state index is 14.0. The molecule has 1 saturated carbocycles. The van der Waals surface area contributed by atoms with E-state index in [4.69, 9.17) is 11.6 Å². The van der Waals surface area contributed by atoms with Gasteiger partial charge < -0.3 is 16.1 Å². The number of anilines is 2. The molecule has 0 amide bonds. The van der Waals surface area contributed by atoms with Crippen molar-refractivity contribution in [1.29, 1.82) is 10.5 Å². The topological polar surface area (TPSA) is 112 Å². The predicted molar refractivity (Wildman–Crippen MR) is 169 cm³/mol. The van der Waals surface area contributed by atoms with Gasteiger partial charge in [0.2, 0.25) is 0 Å². The van der Waals surface area contributed by atoms with E-state index in [2.05, 4.69) is 43.7 Å². The van der Waals surface area contributed by atoms with E-state index in [0.29, 0.717) is 51.7 Å². The van der Waals surface area contributed by atoms with Crippen molar-refractivity contribution in [2.45, 2.75) is 43.2 Å². The summed E-state index contributed by atoms with van der Waals surface area (Å²) in [6.07, 6.45) is 6.68. The van der Waals surface area contributed by atoms with Crippen molar-refractivity contribution in [1.82, 2.24) is 21.0 Å². The normalized spacial score (nSPS) is 16.4. The van der Waals surface area contributed by atoms with Crippen LogP contribution in [0, 0.1) is 28.5 Å². The van der Waals surface area contributed by atoms with E-state index >= 15 is 0 Å². The molecule has 4 N–H and O–H groups in total. The SMILES string of the molecule is BC(Nc1cc(Cl)c2ncc(C#N)c(N[C@H](CCC#N)c3ccccc3)c2c1)(C1=CN(C2CC2)NN1)c1ccc(F)cc1. The molecule has 1 aliphatic heterocycles. The highest BCUT2D eigenvalue weighted by Crippen LogP contribution is 2.39. The van der Waals surface area contributed by atoms with Gasteiger partial charge in [-0.15, -0.1) is 5.53 Å². The predicted octanol–water partition coefficient (Wildman–Crippen LogP) is 5.58. The van der Waals surface area contributed by atoms with E-state index in [0.717, 1.165) is 29.7 Å². The van der Waals surface area contributed by atoms with Gasteiger partial charge in [-0.3, -0.25) is 9.99 Å². The zero-order chi connectivity index (χ0) is 30.0. The number of pyridine rings is 1. The molecule has 2 atom stereocenters. The van der Waals surface area contributed by atoms with Crippen LogP contribution in [0.1, 0.15) is 48.4 Å². The second kappa shape index (κ2) is 11.8. The summed E-state index contributed by atoms with van der Waals surface area (Å²) in [5.74, 6) is -0.318. The minimum atomic E-state index is -0.811. The molecule has 0 saturated heterocycles. The molecule has 11 heteroatoms. The number of halogens is 2. The quantitative estimate of drug-likeness (QED) is 0.177. The molecule has 3 aromatic carbocycles. The number of nitrogens with one attached hydrogen (secondary N) is 4. The van der Waals surface area contributed by atoms with Gasteiger partial charge in [-0.25, -0.2) is 4.39 Å². The smallest absolute Gasteiger partial charge is 0.148 e. The summed E-state index contributed by atoms with van der Waals surface area (Å²) in [6, 6.07) is 24.7. The minimum absolute atomic E-state index is 0.217. The molecule has 0 radical (unpaired) electrons. The first-order valence-corrected chi connectivity index (χ1v) is 14.5. The van der Waals surface area contributed by atoms with Gasteiger partial charge in [-0.05, 0) is 54.7 Å². The fourth-order valence-electron chi connectivity index (χ4n) is 5.46. The zero-order valence-electron chi connectivity index (χ0n) is 23.5. The Morgan fingerprint density at radius 1 is 1.14 bits per heavy atom. The number of nitriles is 2. The highest BCUT2D eigenvalue weighted by Gasteiger charge is 2.38. The van der Waals surface area contributed by atoms with E-state index in [-0.39, 0.29) is 11.9 Å². The zero-order valence-corrected chi connectivity index (χ0v) is 24.3. The molecule has 6 rings (SSSR count). The lowest BCUT2D eigenvalue weighted by Gasteiger charge is -2.34. The second-order valence-corrected chi connectivity index (χ2v) is 11.4. The van der Waals surface area contributed by atoms with Crippen LogP contribution in [0.5, 0.6) is 0 Å². The molecule has 2 aliphatic rings. The summed E-state index contributed by atoms with van der Waals surface area (Å²) in [4.78, 5) is 4.52. The molecule has 4 aromatic rings. The minimum Gasteiger partial charge on any atom is -0.378 e. The summed E-state index contributed by atoms with van der Waals surface area (Å²) in [6.45, 7) is 0. The molecule has 1 aliphatic carbocycles. The van der Waals surface area contributed by atoms with Gasteiger partial charge in [0, 0.05) is 35.9 Å². The summed E-state index contributed by atoms with van der Waals surface area (Å²) in [5, 5.41) is 29.7. The third-order valence-electron chi connectivity index (χ3n) is 7.99. The van der Waals surface area contributed by atoms with Crippen molar-refractivity contribution >= 4 is 41.7 Å². The second-order valence-electron chi connectivity index (χ2n) is 11.0. The van der Waals surface area contributed by atoms with Gasteiger partial charge >= 0.3 is 0 Å². The molecule has 1 fully saturated rings. The van der Waals surface area contributed by atoms with E-state index in [1.165, 1.54) is 18.3 Å². The number of rotatable bonds is 10. The Hall–Kier alpha value is -4.77. The van der Waals surface area contributed by atoms with Gasteiger partial charge in [0.15, 0.2) is 0 Å². The Bertz CT molecular complexity index is 1770. The van der Waals surface area contributed by atoms with Crippen LogP contribution >= 0.6 is 11.6 Å². The lowest BCUT2D eigenvalue weighted by molar-refractivity contribution is 0.260. The molecular formula is C32H29BClFN8. The lowest BCUT2D eigenvalue weighted by Crippen LogP contribution is -2.45. The van der Waals surface area contributed by atoms with E-state index in [1.807, 2.05) is 50.4 Å². The fraction of sp³-hybridized carbons (Fsp3) is 0.219. The summed E-state index contributed by atoms with van der Waals surface area (Å²) < 4.78 is 14.0. The third kappa shape index (κ3) is 5.81. The van der Waals surface area contributed by atoms with Crippen molar-refractivity contribution in [2.75, 3.05) is 10.6 Å². The number of fused-ring (bicyclic) bond motifs is 1. The largest absolute Gasteiger partial charge is 0.378 e. The van der Waals surface area contributed by atoms with Crippen molar-refractivity contribution in [3.8, 4) is 12.1 Å².